The highest BCUT2D eigenvalue weighted by Gasteiger charge is 2.28. The molecule has 2 heterocycles. The zero-order valence-corrected chi connectivity index (χ0v) is 19.8. The molecular formula is C27H21ClFN3O3. The quantitative estimate of drug-likeness (QED) is 0.357. The molecule has 0 spiro atoms. The molecule has 0 saturated heterocycles. The Hall–Kier alpha value is -3.97. The molecule has 4 aromatic rings. The summed E-state index contributed by atoms with van der Waals surface area (Å²) < 4.78 is 20.8. The Morgan fingerprint density at radius 2 is 1.89 bits per heavy atom. The number of hydrogen-bond donors (Lipinski definition) is 0. The van der Waals surface area contributed by atoms with E-state index < -0.39 is 5.82 Å². The third-order valence-corrected chi connectivity index (χ3v) is 6.35. The molecule has 6 nitrogen and oxygen atoms in total. The van der Waals surface area contributed by atoms with Gasteiger partial charge in [-0.3, -0.25) is 14.2 Å². The maximum atomic E-state index is 13.7. The maximum Gasteiger partial charge on any atom is 0.262 e. The van der Waals surface area contributed by atoms with Crippen molar-refractivity contribution in [3.63, 3.8) is 0 Å². The minimum atomic E-state index is -0.439. The van der Waals surface area contributed by atoms with Crippen molar-refractivity contribution in [3.05, 3.63) is 94.4 Å². The van der Waals surface area contributed by atoms with Crippen molar-refractivity contribution >= 4 is 45.7 Å². The van der Waals surface area contributed by atoms with E-state index in [4.69, 9.17) is 16.3 Å². The molecule has 0 atom stereocenters. The lowest BCUT2D eigenvalue weighted by molar-refractivity contribution is -0.116. The first-order chi connectivity index (χ1) is 16.9. The van der Waals surface area contributed by atoms with Crippen molar-refractivity contribution < 1.29 is 18.7 Å². The van der Waals surface area contributed by atoms with Gasteiger partial charge in [0.2, 0.25) is 0 Å². The van der Waals surface area contributed by atoms with Crippen molar-refractivity contribution in [1.29, 1.82) is 0 Å². The number of nitrogens with zero attached hydrogens (tertiary/aromatic N) is 3. The van der Waals surface area contributed by atoms with Crippen LogP contribution in [0.1, 0.15) is 28.0 Å². The Morgan fingerprint density at radius 3 is 2.60 bits per heavy atom. The van der Waals surface area contributed by atoms with Crippen LogP contribution in [0.4, 0.5) is 10.1 Å². The molecule has 0 N–H and O–H groups in total. The fourth-order valence-corrected chi connectivity index (χ4v) is 4.52. The lowest BCUT2D eigenvalue weighted by Gasteiger charge is -2.11. The van der Waals surface area contributed by atoms with Gasteiger partial charge < -0.3 is 4.74 Å². The Balaban J connectivity index is 1.58. The van der Waals surface area contributed by atoms with Crippen LogP contribution in [0, 0.1) is 12.7 Å². The predicted molar refractivity (Wildman–Crippen MR) is 134 cm³/mol. The standard InChI is InChI=1S/C27H21ClFN3O3/c1-16-23(13-20-14-26(33)32(30-20)21-5-3-4-19(29)12-21)24-15-22(35-2)10-11-25(24)31(16)27(34)17-6-8-18(28)9-7-17/h3-12,15H,13-14H2,1-2H3. The molecule has 8 heteroatoms. The number of aromatic nitrogens is 1. The maximum absolute atomic E-state index is 13.7. The van der Waals surface area contributed by atoms with Gasteiger partial charge >= 0.3 is 0 Å². The average molecular weight is 490 g/mol. The summed E-state index contributed by atoms with van der Waals surface area (Å²) >= 11 is 6.00. The Morgan fingerprint density at radius 1 is 1.11 bits per heavy atom. The minimum Gasteiger partial charge on any atom is -0.497 e. The summed E-state index contributed by atoms with van der Waals surface area (Å²) in [6.07, 6.45) is 0.464. The van der Waals surface area contributed by atoms with Gasteiger partial charge in [0, 0.05) is 28.1 Å². The molecule has 1 amide bonds. The van der Waals surface area contributed by atoms with Crippen LogP contribution < -0.4 is 9.75 Å². The molecule has 1 aliphatic rings. The van der Waals surface area contributed by atoms with Gasteiger partial charge in [-0.25, -0.2) is 9.40 Å². The van der Waals surface area contributed by atoms with Crippen molar-refractivity contribution in [2.24, 2.45) is 5.10 Å². The van der Waals surface area contributed by atoms with E-state index in [9.17, 15) is 14.0 Å². The monoisotopic (exact) mass is 489 g/mol. The number of fused-ring (bicyclic) bond motifs is 1. The molecule has 0 unspecified atom stereocenters. The Bertz CT molecular complexity index is 1510. The van der Waals surface area contributed by atoms with Gasteiger partial charge in [-0.05, 0) is 73.2 Å². The summed E-state index contributed by atoms with van der Waals surface area (Å²) in [5, 5.41) is 7.10. The SMILES string of the molecule is COc1ccc2c(c1)c(CC1=NN(c3cccc(F)c3)C(=O)C1)c(C)n2C(=O)c1ccc(Cl)cc1. The number of rotatable bonds is 5. The average Bonchev–Trinajstić information content (AvgIpc) is 3.35. The van der Waals surface area contributed by atoms with E-state index in [2.05, 4.69) is 5.10 Å². The zero-order valence-electron chi connectivity index (χ0n) is 19.1. The van der Waals surface area contributed by atoms with Gasteiger partial charge in [-0.2, -0.15) is 5.10 Å². The van der Waals surface area contributed by atoms with Crippen molar-refractivity contribution in [1.82, 2.24) is 4.57 Å². The number of carbonyl (C=O) groups is 2. The van der Waals surface area contributed by atoms with Crippen LogP contribution in [-0.4, -0.2) is 29.2 Å². The molecule has 0 fully saturated rings. The number of amides is 1. The molecule has 0 saturated carbocycles. The Labute approximate surface area is 206 Å². The van der Waals surface area contributed by atoms with Crippen LogP contribution in [0.15, 0.2) is 71.8 Å². The summed E-state index contributed by atoms with van der Waals surface area (Å²) in [4.78, 5) is 26.1. The molecular weight excluding hydrogens is 469 g/mol. The fraction of sp³-hybridized carbons (Fsp3) is 0.148. The van der Waals surface area contributed by atoms with Gasteiger partial charge in [0.05, 0.1) is 30.4 Å². The zero-order chi connectivity index (χ0) is 24.7. The summed E-state index contributed by atoms with van der Waals surface area (Å²) in [5.74, 6) is -0.209. The largest absolute Gasteiger partial charge is 0.497 e. The van der Waals surface area contributed by atoms with Crippen molar-refractivity contribution in [2.45, 2.75) is 19.8 Å². The minimum absolute atomic E-state index is 0.109. The van der Waals surface area contributed by atoms with E-state index >= 15 is 0 Å². The van der Waals surface area contributed by atoms with Crippen LogP contribution in [0.2, 0.25) is 5.02 Å². The number of anilines is 1. The van der Waals surface area contributed by atoms with E-state index in [0.29, 0.717) is 34.2 Å². The van der Waals surface area contributed by atoms with Gasteiger partial charge in [-0.15, -0.1) is 0 Å². The first-order valence-corrected chi connectivity index (χ1v) is 11.4. The van der Waals surface area contributed by atoms with E-state index in [1.54, 1.807) is 48.1 Å². The highest BCUT2D eigenvalue weighted by molar-refractivity contribution is 6.30. The molecule has 5 rings (SSSR count). The predicted octanol–water partition coefficient (Wildman–Crippen LogP) is 5.77. The van der Waals surface area contributed by atoms with Gasteiger partial charge in [0.15, 0.2) is 0 Å². The highest BCUT2D eigenvalue weighted by Crippen LogP contribution is 2.32. The first-order valence-electron chi connectivity index (χ1n) is 11.0. The molecule has 3 aromatic carbocycles. The highest BCUT2D eigenvalue weighted by atomic mass is 35.5. The lowest BCUT2D eigenvalue weighted by Crippen LogP contribution is -2.19. The number of hydrazone groups is 1. The third-order valence-electron chi connectivity index (χ3n) is 6.10. The second-order valence-corrected chi connectivity index (χ2v) is 8.74. The molecule has 35 heavy (non-hydrogen) atoms. The van der Waals surface area contributed by atoms with Crippen LogP contribution in [-0.2, 0) is 11.2 Å². The van der Waals surface area contributed by atoms with Crippen LogP contribution in [0.5, 0.6) is 5.75 Å². The molecule has 0 bridgehead atoms. The molecule has 1 aliphatic heterocycles. The smallest absolute Gasteiger partial charge is 0.262 e. The second-order valence-electron chi connectivity index (χ2n) is 8.30. The van der Waals surface area contributed by atoms with Crippen LogP contribution in [0.25, 0.3) is 10.9 Å². The van der Waals surface area contributed by atoms with E-state index in [-0.39, 0.29) is 18.2 Å². The van der Waals surface area contributed by atoms with E-state index in [1.165, 1.54) is 23.2 Å². The molecule has 176 valence electrons. The number of ether oxygens (including phenoxy) is 1. The summed E-state index contributed by atoms with van der Waals surface area (Å²) in [6, 6.07) is 18.0. The topological polar surface area (TPSA) is 63.9 Å². The Kier molecular flexibility index (Phi) is 5.86. The molecule has 1 aromatic heterocycles. The van der Waals surface area contributed by atoms with Crippen LogP contribution in [0.3, 0.4) is 0 Å². The second kappa shape index (κ2) is 9.00. The molecule has 0 aliphatic carbocycles. The van der Waals surface area contributed by atoms with E-state index in [0.717, 1.165) is 22.2 Å². The van der Waals surface area contributed by atoms with E-state index in [1.807, 2.05) is 19.1 Å². The number of carbonyl (C=O) groups excluding carboxylic acids is 2. The summed E-state index contributed by atoms with van der Waals surface area (Å²) in [7, 11) is 1.58. The number of hydrogen-bond acceptors (Lipinski definition) is 4. The van der Waals surface area contributed by atoms with Gasteiger partial charge in [0.25, 0.3) is 11.8 Å². The number of methoxy groups -OCH3 is 1. The van der Waals surface area contributed by atoms with Crippen molar-refractivity contribution in [2.75, 3.05) is 12.1 Å². The normalized spacial score (nSPS) is 13.4. The fourth-order valence-electron chi connectivity index (χ4n) is 4.39. The molecule has 0 radical (unpaired) electrons. The summed E-state index contributed by atoms with van der Waals surface area (Å²) in [6.45, 7) is 1.87. The van der Waals surface area contributed by atoms with Gasteiger partial charge in [0.1, 0.15) is 11.6 Å². The summed E-state index contributed by atoms with van der Waals surface area (Å²) in [5.41, 5.74) is 3.85. The third kappa shape index (κ3) is 4.19. The lowest BCUT2D eigenvalue weighted by atomic mass is 10.0. The number of halogens is 2. The van der Waals surface area contributed by atoms with Gasteiger partial charge in [-0.1, -0.05) is 17.7 Å². The first kappa shape index (κ1) is 22.8. The number of benzene rings is 3. The van der Waals surface area contributed by atoms with Crippen molar-refractivity contribution in [3.8, 4) is 5.75 Å². The van der Waals surface area contributed by atoms with Crippen LogP contribution >= 0.6 is 11.6 Å².